The Balaban J connectivity index is 2.10. The van der Waals surface area contributed by atoms with Crippen molar-refractivity contribution in [3.8, 4) is 0 Å². The highest BCUT2D eigenvalue weighted by molar-refractivity contribution is 5.86. The van der Waals surface area contributed by atoms with E-state index in [0.717, 1.165) is 25.9 Å². The molecule has 0 unspecified atom stereocenters. The van der Waals surface area contributed by atoms with Crippen molar-refractivity contribution >= 4 is 18.0 Å². The van der Waals surface area contributed by atoms with Gasteiger partial charge in [-0.2, -0.15) is 0 Å². The number of amides is 2. The minimum atomic E-state index is -0.758. The van der Waals surface area contributed by atoms with Crippen molar-refractivity contribution in [3.63, 3.8) is 0 Å². The van der Waals surface area contributed by atoms with Gasteiger partial charge >= 0.3 is 12.1 Å². The van der Waals surface area contributed by atoms with Gasteiger partial charge in [-0.1, -0.05) is 0 Å². The molecule has 23 heavy (non-hydrogen) atoms. The molecule has 2 aliphatic rings. The Morgan fingerprint density at radius 1 is 1.09 bits per heavy atom. The van der Waals surface area contributed by atoms with Gasteiger partial charge in [0.1, 0.15) is 11.6 Å². The molecule has 2 amide bonds. The van der Waals surface area contributed by atoms with Crippen molar-refractivity contribution in [2.24, 2.45) is 5.92 Å². The third kappa shape index (κ3) is 4.14. The van der Waals surface area contributed by atoms with Crippen LogP contribution in [0.1, 0.15) is 40.0 Å². The number of esters is 1. The summed E-state index contributed by atoms with van der Waals surface area (Å²) >= 11 is 0. The lowest BCUT2D eigenvalue weighted by Crippen LogP contribution is -2.44. The molecule has 2 aliphatic heterocycles. The van der Waals surface area contributed by atoms with E-state index in [2.05, 4.69) is 0 Å². The number of hydrogen-bond donors (Lipinski definition) is 0. The van der Waals surface area contributed by atoms with Crippen molar-refractivity contribution < 1.29 is 23.9 Å². The second-order valence-electron chi connectivity index (χ2n) is 7.14. The van der Waals surface area contributed by atoms with Gasteiger partial charge in [0.15, 0.2) is 0 Å². The molecule has 0 aromatic carbocycles. The summed E-state index contributed by atoms with van der Waals surface area (Å²) in [5.74, 6) is -0.861. The Hall–Kier alpha value is -1.79. The molecule has 0 N–H and O–H groups in total. The van der Waals surface area contributed by atoms with Crippen LogP contribution in [0.25, 0.3) is 0 Å². The number of carbonyl (C=O) groups excluding carboxylic acids is 3. The summed E-state index contributed by atoms with van der Waals surface area (Å²) in [4.78, 5) is 40.0. The minimum absolute atomic E-state index is 0.0162. The second kappa shape index (κ2) is 6.76. The molecule has 0 spiro atoms. The summed E-state index contributed by atoms with van der Waals surface area (Å²) in [7, 11) is 1.28. The Morgan fingerprint density at radius 2 is 1.70 bits per heavy atom. The molecule has 2 rings (SSSR count). The maximum absolute atomic E-state index is 12.6. The van der Waals surface area contributed by atoms with Gasteiger partial charge in [-0.05, 0) is 40.0 Å². The number of ether oxygens (including phenoxy) is 2. The van der Waals surface area contributed by atoms with Gasteiger partial charge in [-0.25, -0.2) is 9.59 Å². The number of likely N-dealkylation sites (tertiary alicyclic amines) is 2. The fourth-order valence-corrected chi connectivity index (χ4v) is 3.09. The molecule has 2 saturated heterocycles. The van der Waals surface area contributed by atoms with Gasteiger partial charge in [0.25, 0.3) is 0 Å². The topological polar surface area (TPSA) is 76.2 Å². The van der Waals surface area contributed by atoms with Crippen molar-refractivity contribution in [1.82, 2.24) is 9.80 Å². The van der Waals surface area contributed by atoms with Crippen LogP contribution < -0.4 is 0 Å². The molecule has 0 aliphatic carbocycles. The molecule has 2 heterocycles. The molecule has 130 valence electrons. The van der Waals surface area contributed by atoms with Crippen LogP contribution in [0.15, 0.2) is 0 Å². The highest BCUT2D eigenvalue weighted by atomic mass is 16.6. The van der Waals surface area contributed by atoms with Gasteiger partial charge in [0.2, 0.25) is 5.91 Å². The van der Waals surface area contributed by atoms with E-state index < -0.39 is 23.7 Å². The molecule has 0 aromatic rings. The van der Waals surface area contributed by atoms with Crippen LogP contribution in [0.3, 0.4) is 0 Å². The number of rotatable bonds is 2. The number of nitrogens with zero attached hydrogens (tertiary/aromatic N) is 2. The van der Waals surface area contributed by atoms with Crippen LogP contribution in [0.2, 0.25) is 0 Å². The monoisotopic (exact) mass is 326 g/mol. The van der Waals surface area contributed by atoms with Crippen molar-refractivity contribution in [3.05, 3.63) is 0 Å². The molecular weight excluding hydrogens is 300 g/mol. The third-order valence-corrected chi connectivity index (χ3v) is 4.17. The van der Waals surface area contributed by atoms with Gasteiger partial charge < -0.3 is 14.4 Å². The lowest BCUT2D eigenvalue weighted by Gasteiger charge is -2.27. The van der Waals surface area contributed by atoms with E-state index in [-0.39, 0.29) is 18.4 Å². The average molecular weight is 326 g/mol. The first-order valence-electron chi connectivity index (χ1n) is 8.09. The molecule has 7 heteroatoms. The maximum atomic E-state index is 12.6. The van der Waals surface area contributed by atoms with E-state index in [1.54, 1.807) is 20.8 Å². The van der Waals surface area contributed by atoms with Crippen LogP contribution in [-0.2, 0) is 19.1 Å². The van der Waals surface area contributed by atoms with Crippen LogP contribution in [0, 0.1) is 5.92 Å². The highest BCUT2D eigenvalue weighted by Gasteiger charge is 2.45. The molecule has 7 nitrogen and oxygen atoms in total. The van der Waals surface area contributed by atoms with E-state index in [0.29, 0.717) is 6.42 Å². The van der Waals surface area contributed by atoms with Crippen molar-refractivity contribution in [2.75, 3.05) is 26.7 Å². The second-order valence-corrected chi connectivity index (χ2v) is 7.14. The van der Waals surface area contributed by atoms with Crippen molar-refractivity contribution in [1.29, 1.82) is 0 Å². The Kier molecular flexibility index (Phi) is 5.16. The predicted octanol–water partition coefficient (Wildman–Crippen LogP) is 1.41. The fourth-order valence-electron chi connectivity index (χ4n) is 3.09. The molecule has 2 fully saturated rings. The molecule has 0 radical (unpaired) electrons. The molecule has 0 saturated carbocycles. The van der Waals surface area contributed by atoms with Gasteiger partial charge in [-0.15, -0.1) is 0 Å². The quantitative estimate of drug-likeness (QED) is 0.717. The SMILES string of the molecule is COC(=O)[C@H]1C[C@@H](C(=O)N2CCCC2)CN1C(=O)OC(C)(C)C. The molecule has 0 aromatic heterocycles. The van der Waals surface area contributed by atoms with E-state index in [4.69, 9.17) is 9.47 Å². The average Bonchev–Trinajstić information content (AvgIpc) is 3.13. The van der Waals surface area contributed by atoms with Gasteiger partial charge in [0, 0.05) is 19.6 Å². The van der Waals surface area contributed by atoms with E-state index in [1.165, 1.54) is 12.0 Å². The summed E-state index contributed by atoms with van der Waals surface area (Å²) < 4.78 is 10.1. The number of hydrogen-bond acceptors (Lipinski definition) is 5. The van der Waals surface area contributed by atoms with Crippen molar-refractivity contribution in [2.45, 2.75) is 51.7 Å². The Labute approximate surface area is 136 Å². The zero-order valence-electron chi connectivity index (χ0n) is 14.3. The third-order valence-electron chi connectivity index (χ3n) is 4.17. The number of methoxy groups -OCH3 is 1. The zero-order valence-corrected chi connectivity index (χ0v) is 14.3. The summed E-state index contributed by atoms with van der Waals surface area (Å²) in [5, 5.41) is 0. The lowest BCUT2D eigenvalue weighted by atomic mass is 10.0. The predicted molar refractivity (Wildman–Crippen MR) is 82.7 cm³/mol. The Bertz CT molecular complexity index is 479. The molecule has 2 atom stereocenters. The Morgan fingerprint density at radius 3 is 2.22 bits per heavy atom. The fraction of sp³-hybridized carbons (Fsp3) is 0.812. The van der Waals surface area contributed by atoms with Crippen LogP contribution >= 0.6 is 0 Å². The highest BCUT2D eigenvalue weighted by Crippen LogP contribution is 2.28. The first-order chi connectivity index (χ1) is 10.7. The van der Waals surface area contributed by atoms with E-state index >= 15 is 0 Å². The maximum Gasteiger partial charge on any atom is 0.411 e. The lowest BCUT2D eigenvalue weighted by molar-refractivity contribution is -0.145. The first-order valence-corrected chi connectivity index (χ1v) is 8.09. The summed E-state index contributed by atoms with van der Waals surface area (Å²) in [6, 6.07) is -0.758. The largest absolute Gasteiger partial charge is 0.467 e. The standard InChI is InChI=1S/C16H26N2O5/c1-16(2,3)23-15(21)18-10-11(9-12(18)14(20)22-4)13(19)17-7-5-6-8-17/h11-12H,5-10H2,1-4H3/t11-,12-/m1/s1. The van der Waals surface area contributed by atoms with E-state index in [9.17, 15) is 14.4 Å². The van der Waals surface area contributed by atoms with Gasteiger partial charge in [-0.3, -0.25) is 9.69 Å². The number of carbonyl (C=O) groups is 3. The first kappa shape index (κ1) is 17.6. The minimum Gasteiger partial charge on any atom is -0.467 e. The van der Waals surface area contributed by atoms with E-state index in [1.807, 2.05) is 4.90 Å². The molecule has 0 bridgehead atoms. The van der Waals surface area contributed by atoms with Crippen LogP contribution in [0.4, 0.5) is 4.79 Å². The van der Waals surface area contributed by atoms with Crippen LogP contribution in [0.5, 0.6) is 0 Å². The van der Waals surface area contributed by atoms with Gasteiger partial charge in [0.05, 0.1) is 13.0 Å². The normalized spacial score (nSPS) is 24.7. The summed E-state index contributed by atoms with van der Waals surface area (Å²) in [6.45, 7) is 7.00. The molecular formula is C16H26N2O5. The van der Waals surface area contributed by atoms with Crippen LogP contribution in [-0.4, -0.2) is 66.2 Å². The zero-order chi connectivity index (χ0) is 17.2. The summed E-state index contributed by atoms with van der Waals surface area (Å²) in [5.41, 5.74) is -0.658. The smallest absolute Gasteiger partial charge is 0.411 e. The summed E-state index contributed by atoms with van der Waals surface area (Å²) in [6.07, 6.45) is 1.73.